The number of nitrogens with one attached hydrogen (secondary N) is 2. The Balaban J connectivity index is 2.62. The molecule has 0 spiro atoms. The molecule has 0 radical (unpaired) electrons. The summed E-state index contributed by atoms with van der Waals surface area (Å²) < 4.78 is 5.36. The lowest BCUT2D eigenvalue weighted by molar-refractivity contribution is -0.143. The van der Waals surface area contributed by atoms with Gasteiger partial charge < -0.3 is 26.0 Å². The number of nitrogens with zero attached hydrogens (tertiary/aromatic N) is 1. The monoisotopic (exact) mass is 572 g/mol. The van der Waals surface area contributed by atoms with Crippen molar-refractivity contribution in [2.75, 3.05) is 5.32 Å². The van der Waals surface area contributed by atoms with Gasteiger partial charge in [0.1, 0.15) is 17.7 Å². The Bertz CT molecular complexity index is 1230. The topological polar surface area (TPSA) is 131 Å². The number of primary amides is 1. The molecule has 0 fully saturated rings. The van der Waals surface area contributed by atoms with Crippen LogP contribution in [0.15, 0.2) is 36.4 Å². The fraction of sp³-hybridized carbons (Fsp3) is 0.467. The Hall–Kier alpha value is -3.59. The normalized spacial score (nSPS) is 12.8. The Kier molecular flexibility index (Phi) is 11.1. The molecule has 2 unspecified atom stereocenters. The lowest BCUT2D eigenvalue weighted by atomic mass is 9.95. The van der Waals surface area contributed by atoms with Gasteiger partial charge in [0.2, 0.25) is 11.8 Å². The second-order valence-corrected chi connectivity index (χ2v) is 11.6. The van der Waals surface area contributed by atoms with Crippen molar-refractivity contribution >= 4 is 41.1 Å². The molecule has 4 N–H and O–H groups in total. The van der Waals surface area contributed by atoms with E-state index in [1.807, 2.05) is 45.0 Å². The maximum Gasteiger partial charge on any atom is 0.408 e. The maximum absolute atomic E-state index is 14.2. The summed E-state index contributed by atoms with van der Waals surface area (Å²) in [5, 5.41) is 5.87. The summed E-state index contributed by atoms with van der Waals surface area (Å²) in [7, 11) is 0. The zero-order valence-corrected chi connectivity index (χ0v) is 25.3. The van der Waals surface area contributed by atoms with E-state index in [1.165, 1.54) is 4.90 Å². The number of ether oxygens (including phenoxy) is 1. The van der Waals surface area contributed by atoms with Gasteiger partial charge in [-0.25, -0.2) is 4.79 Å². The summed E-state index contributed by atoms with van der Waals surface area (Å²) in [4.78, 5) is 54.0. The number of nitrogens with two attached hydrogens (primary N) is 1. The summed E-state index contributed by atoms with van der Waals surface area (Å²) >= 11 is 6.41. The molecule has 2 rings (SSSR count). The van der Waals surface area contributed by atoms with Crippen LogP contribution in [-0.4, -0.2) is 46.4 Å². The molecule has 40 heavy (non-hydrogen) atoms. The predicted octanol–water partition coefficient (Wildman–Crippen LogP) is 5.34. The third kappa shape index (κ3) is 8.98. The highest BCUT2D eigenvalue weighted by Crippen LogP contribution is 2.32. The van der Waals surface area contributed by atoms with Gasteiger partial charge in [0, 0.05) is 12.5 Å². The van der Waals surface area contributed by atoms with Crippen molar-refractivity contribution in [1.29, 1.82) is 0 Å². The molecule has 2 aromatic rings. The average Bonchev–Trinajstić information content (AvgIpc) is 2.81. The molecule has 218 valence electrons. The van der Waals surface area contributed by atoms with Crippen LogP contribution in [0.2, 0.25) is 5.02 Å². The lowest BCUT2D eigenvalue weighted by Crippen LogP contribution is -2.54. The van der Waals surface area contributed by atoms with Gasteiger partial charge >= 0.3 is 6.09 Å². The van der Waals surface area contributed by atoms with Crippen molar-refractivity contribution in [1.82, 2.24) is 10.2 Å². The summed E-state index contributed by atoms with van der Waals surface area (Å²) in [5.41, 5.74) is 8.18. The minimum Gasteiger partial charge on any atom is -0.444 e. The van der Waals surface area contributed by atoms with Crippen molar-refractivity contribution in [3.05, 3.63) is 63.7 Å². The number of alkyl carbamates (subject to hydrolysis) is 1. The summed E-state index contributed by atoms with van der Waals surface area (Å²) in [6, 6.07) is 8.16. The Morgan fingerprint density at radius 3 is 2.20 bits per heavy atom. The van der Waals surface area contributed by atoms with Crippen molar-refractivity contribution in [3.8, 4) is 0 Å². The van der Waals surface area contributed by atoms with E-state index in [-0.39, 0.29) is 12.8 Å². The van der Waals surface area contributed by atoms with Gasteiger partial charge in [-0.2, -0.15) is 0 Å². The third-order valence-electron chi connectivity index (χ3n) is 6.20. The number of carbonyl (C=O) groups excluding carboxylic acids is 4. The van der Waals surface area contributed by atoms with E-state index in [1.54, 1.807) is 46.8 Å². The van der Waals surface area contributed by atoms with Crippen LogP contribution in [0.1, 0.15) is 75.8 Å². The number of halogens is 1. The van der Waals surface area contributed by atoms with Gasteiger partial charge in [-0.1, -0.05) is 47.5 Å². The highest BCUT2D eigenvalue weighted by atomic mass is 35.5. The fourth-order valence-electron chi connectivity index (χ4n) is 4.39. The molecule has 0 aromatic heterocycles. The van der Waals surface area contributed by atoms with E-state index in [0.717, 1.165) is 16.7 Å². The molecular formula is C30H41ClN4O5. The van der Waals surface area contributed by atoms with Crippen molar-refractivity contribution in [3.63, 3.8) is 0 Å². The molecule has 9 nitrogen and oxygen atoms in total. The van der Waals surface area contributed by atoms with Crippen LogP contribution in [0.5, 0.6) is 0 Å². The zero-order valence-electron chi connectivity index (χ0n) is 24.6. The van der Waals surface area contributed by atoms with E-state index in [9.17, 15) is 19.2 Å². The number of hydrogen-bond acceptors (Lipinski definition) is 5. The molecule has 2 aromatic carbocycles. The van der Waals surface area contributed by atoms with Crippen molar-refractivity contribution in [2.24, 2.45) is 5.73 Å². The van der Waals surface area contributed by atoms with Gasteiger partial charge in [-0.15, -0.1) is 0 Å². The first kappa shape index (κ1) is 32.6. The Morgan fingerprint density at radius 1 is 1.02 bits per heavy atom. The number of carbonyl (C=O) groups is 4. The molecule has 0 aliphatic carbocycles. The first-order valence-corrected chi connectivity index (χ1v) is 13.6. The first-order chi connectivity index (χ1) is 18.5. The van der Waals surface area contributed by atoms with E-state index in [4.69, 9.17) is 22.1 Å². The minimum absolute atomic E-state index is 0.0680. The van der Waals surface area contributed by atoms with Gasteiger partial charge in [0.15, 0.2) is 0 Å². The molecule has 4 amide bonds. The molecule has 0 bridgehead atoms. The summed E-state index contributed by atoms with van der Waals surface area (Å²) in [6.45, 7) is 14.3. The maximum atomic E-state index is 14.2. The molecule has 0 heterocycles. The minimum atomic E-state index is -1.17. The molecule has 0 saturated carbocycles. The fourth-order valence-corrected chi connectivity index (χ4v) is 4.65. The third-order valence-corrected chi connectivity index (χ3v) is 6.51. The van der Waals surface area contributed by atoms with Crippen LogP contribution >= 0.6 is 11.6 Å². The number of anilines is 1. The smallest absolute Gasteiger partial charge is 0.408 e. The SMILES string of the molecule is Cc1ccc(C(C(=O)Nc2c(C)cccc2Cl)N(C(=O)C(CCC(N)=O)NC(=O)OC(C)(C)C)C(C)C)c(C)c1. The Morgan fingerprint density at radius 2 is 1.68 bits per heavy atom. The number of benzene rings is 2. The highest BCUT2D eigenvalue weighted by molar-refractivity contribution is 6.34. The predicted molar refractivity (Wildman–Crippen MR) is 157 cm³/mol. The standard InChI is InChI=1S/C30H41ClN4O5/c1-17(2)35(28(38)23(14-15-24(32)36)33-29(39)40-30(6,7)8)26(21-13-12-18(3)16-20(21)5)27(37)34-25-19(4)10-9-11-22(25)31/h9-13,16-17,23,26H,14-15H2,1-8H3,(H2,32,36)(H,33,39)(H,34,37). The quantitative estimate of drug-likeness (QED) is 0.353. The second kappa shape index (κ2) is 13.7. The number of para-hydroxylation sites is 1. The van der Waals surface area contributed by atoms with Gasteiger partial charge in [0.05, 0.1) is 10.7 Å². The van der Waals surface area contributed by atoms with E-state index < -0.39 is 47.5 Å². The van der Waals surface area contributed by atoms with Crippen LogP contribution in [0, 0.1) is 20.8 Å². The number of amides is 4. The number of rotatable bonds is 10. The molecule has 0 aliphatic heterocycles. The van der Waals surface area contributed by atoms with E-state index in [2.05, 4.69) is 10.6 Å². The van der Waals surface area contributed by atoms with E-state index >= 15 is 0 Å². The first-order valence-electron chi connectivity index (χ1n) is 13.2. The molecular weight excluding hydrogens is 532 g/mol. The van der Waals surface area contributed by atoms with Crippen LogP contribution < -0.4 is 16.4 Å². The zero-order chi connectivity index (χ0) is 30.4. The summed E-state index contributed by atoms with van der Waals surface area (Å²) in [5.74, 6) is -1.66. The second-order valence-electron chi connectivity index (χ2n) is 11.2. The van der Waals surface area contributed by atoms with E-state index in [0.29, 0.717) is 16.3 Å². The van der Waals surface area contributed by atoms with Crippen molar-refractivity contribution < 1.29 is 23.9 Å². The van der Waals surface area contributed by atoms with Crippen LogP contribution in [0.3, 0.4) is 0 Å². The number of hydrogen-bond donors (Lipinski definition) is 3. The van der Waals surface area contributed by atoms with Crippen LogP contribution in [0.4, 0.5) is 10.5 Å². The summed E-state index contributed by atoms with van der Waals surface area (Å²) in [6.07, 6.45) is -1.04. The lowest BCUT2D eigenvalue weighted by Gasteiger charge is -2.38. The van der Waals surface area contributed by atoms with Gasteiger partial charge in [-0.3, -0.25) is 14.4 Å². The molecule has 0 aliphatic rings. The molecule has 10 heteroatoms. The van der Waals surface area contributed by atoms with Crippen molar-refractivity contribution in [2.45, 2.75) is 92.0 Å². The largest absolute Gasteiger partial charge is 0.444 e. The average molecular weight is 573 g/mol. The molecule has 2 atom stereocenters. The Labute approximate surface area is 241 Å². The van der Waals surface area contributed by atoms with Crippen LogP contribution in [0.25, 0.3) is 0 Å². The van der Waals surface area contributed by atoms with Gasteiger partial charge in [-0.05, 0) is 84.6 Å². The van der Waals surface area contributed by atoms with Crippen LogP contribution in [-0.2, 0) is 19.1 Å². The number of aryl methyl sites for hydroxylation is 3. The van der Waals surface area contributed by atoms with Gasteiger partial charge in [0.25, 0.3) is 5.91 Å². The molecule has 0 saturated heterocycles. The highest BCUT2D eigenvalue weighted by Gasteiger charge is 2.38.